The Morgan fingerprint density at radius 1 is 1.00 bits per heavy atom. The van der Waals surface area contributed by atoms with Gasteiger partial charge in [0.2, 0.25) is 0 Å². The maximum Gasteiger partial charge on any atom is 0.335 e. The highest BCUT2D eigenvalue weighted by molar-refractivity contribution is 9.10. The number of hydrogen-bond donors (Lipinski definition) is 3. The van der Waals surface area contributed by atoms with Crippen molar-refractivity contribution in [2.75, 3.05) is 5.32 Å². The maximum atomic E-state index is 13.0. The first kappa shape index (κ1) is 24.6. The number of pyridine rings is 1. The summed E-state index contributed by atoms with van der Waals surface area (Å²) in [5.41, 5.74) is 1.93. The average molecular weight is 546 g/mol. The van der Waals surface area contributed by atoms with Gasteiger partial charge in [-0.15, -0.1) is 0 Å². The number of rotatable bonds is 7. The SMILES string of the molecule is C=CC(=O)Oc1cc2ccccc2nc1NC(=O)c1ccc(C(=O)NCc2cccc(O)c2)cc1Br. The topological polar surface area (TPSA) is 118 Å². The van der Waals surface area contributed by atoms with E-state index in [4.69, 9.17) is 4.74 Å². The van der Waals surface area contributed by atoms with Crippen molar-refractivity contribution in [1.29, 1.82) is 0 Å². The first-order chi connectivity index (χ1) is 17.3. The highest BCUT2D eigenvalue weighted by Crippen LogP contribution is 2.29. The third-order valence-corrected chi connectivity index (χ3v) is 5.79. The lowest BCUT2D eigenvalue weighted by Crippen LogP contribution is -2.23. The number of esters is 1. The predicted octanol–water partition coefficient (Wildman–Crippen LogP) is 4.98. The molecule has 0 radical (unpaired) electrons. The number of carbonyl (C=O) groups excluding carboxylic acids is 3. The Morgan fingerprint density at radius 3 is 2.56 bits per heavy atom. The molecule has 8 nitrogen and oxygen atoms in total. The second-order valence-electron chi connectivity index (χ2n) is 7.65. The minimum Gasteiger partial charge on any atom is -0.508 e. The van der Waals surface area contributed by atoms with Crippen LogP contribution in [0.2, 0.25) is 0 Å². The van der Waals surface area contributed by atoms with Crippen molar-refractivity contribution in [3.63, 3.8) is 0 Å². The fraction of sp³-hybridized carbons (Fsp3) is 0.0370. The van der Waals surface area contributed by atoms with E-state index in [-0.39, 0.29) is 35.3 Å². The first-order valence-corrected chi connectivity index (χ1v) is 11.5. The lowest BCUT2D eigenvalue weighted by atomic mass is 10.1. The number of amides is 2. The summed E-state index contributed by atoms with van der Waals surface area (Å²) in [5.74, 6) is -1.30. The molecular formula is C27H20BrN3O5. The van der Waals surface area contributed by atoms with Crippen LogP contribution in [0.5, 0.6) is 11.5 Å². The molecule has 0 aliphatic carbocycles. The predicted molar refractivity (Wildman–Crippen MR) is 139 cm³/mol. The Morgan fingerprint density at radius 2 is 1.81 bits per heavy atom. The molecule has 1 heterocycles. The van der Waals surface area contributed by atoms with E-state index in [2.05, 4.69) is 38.1 Å². The fourth-order valence-corrected chi connectivity index (χ4v) is 3.94. The van der Waals surface area contributed by atoms with Gasteiger partial charge >= 0.3 is 5.97 Å². The number of anilines is 1. The van der Waals surface area contributed by atoms with E-state index >= 15 is 0 Å². The Balaban J connectivity index is 1.52. The van der Waals surface area contributed by atoms with Gasteiger partial charge in [-0.2, -0.15) is 0 Å². The number of phenols is 1. The molecule has 36 heavy (non-hydrogen) atoms. The Kier molecular flexibility index (Phi) is 7.41. The van der Waals surface area contributed by atoms with Crippen molar-refractivity contribution < 1.29 is 24.2 Å². The first-order valence-electron chi connectivity index (χ1n) is 10.7. The van der Waals surface area contributed by atoms with Crippen LogP contribution in [-0.4, -0.2) is 27.9 Å². The van der Waals surface area contributed by atoms with E-state index in [1.165, 1.54) is 18.2 Å². The van der Waals surface area contributed by atoms with Crippen LogP contribution < -0.4 is 15.4 Å². The van der Waals surface area contributed by atoms with Gasteiger partial charge in [-0.3, -0.25) is 9.59 Å². The summed E-state index contributed by atoms with van der Waals surface area (Å²) >= 11 is 3.35. The highest BCUT2D eigenvalue weighted by atomic mass is 79.9. The molecule has 0 aliphatic heterocycles. The highest BCUT2D eigenvalue weighted by Gasteiger charge is 2.18. The van der Waals surface area contributed by atoms with Crippen LogP contribution in [0.15, 0.2) is 89.9 Å². The second-order valence-corrected chi connectivity index (χ2v) is 8.51. The monoisotopic (exact) mass is 545 g/mol. The summed E-state index contributed by atoms with van der Waals surface area (Å²) < 4.78 is 5.66. The van der Waals surface area contributed by atoms with E-state index in [0.717, 1.165) is 17.0 Å². The average Bonchev–Trinajstić information content (AvgIpc) is 2.87. The van der Waals surface area contributed by atoms with Crippen LogP contribution in [0, 0.1) is 0 Å². The van der Waals surface area contributed by atoms with Gasteiger partial charge in [-0.1, -0.05) is 36.9 Å². The van der Waals surface area contributed by atoms with Crippen LogP contribution in [0.4, 0.5) is 5.82 Å². The molecule has 4 aromatic rings. The summed E-state index contributed by atoms with van der Waals surface area (Å²) in [6.45, 7) is 3.62. The minimum absolute atomic E-state index is 0.0636. The molecule has 0 unspecified atom stereocenters. The van der Waals surface area contributed by atoms with Gasteiger partial charge in [0, 0.05) is 28.0 Å². The standard InChI is InChI=1S/C27H20BrN3O5/c1-2-24(33)36-23-14-17-7-3-4-9-22(17)30-25(23)31-27(35)20-11-10-18(13-21(20)28)26(34)29-15-16-6-5-8-19(32)12-16/h2-14,32H,1,15H2,(H,29,34)(H,30,31,35). The van der Waals surface area contributed by atoms with E-state index in [9.17, 15) is 19.5 Å². The van der Waals surface area contributed by atoms with Crippen molar-refractivity contribution in [1.82, 2.24) is 10.3 Å². The lowest BCUT2D eigenvalue weighted by molar-refractivity contribution is -0.128. The Bertz CT molecular complexity index is 1500. The quantitative estimate of drug-likeness (QED) is 0.223. The number of nitrogens with zero attached hydrogens (tertiary/aromatic N) is 1. The van der Waals surface area contributed by atoms with E-state index < -0.39 is 11.9 Å². The third-order valence-electron chi connectivity index (χ3n) is 5.14. The van der Waals surface area contributed by atoms with Crippen molar-refractivity contribution in [3.05, 3.63) is 107 Å². The molecule has 0 bridgehead atoms. The van der Waals surface area contributed by atoms with Crippen LogP contribution in [0.1, 0.15) is 26.3 Å². The molecule has 3 N–H and O–H groups in total. The number of ether oxygens (including phenoxy) is 1. The van der Waals surface area contributed by atoms with Gasteiger partial charge < -0.3 is 20.5 Å². The molecule has 0 spiro atoms. The molecule has 0 saturated carbocycles. The summed E-state index contributed by atoms with van der Waals surface area (Å²) in [5, 5.41) is 15.7. The smallest absolute Gasteiger partial charge is 0.335 e. The van der Waals surface area contributed by atoms with Crippen molar-refractivity contribution in [3.8, 4) is 11.5 Å². The van der Waals surface area contributed by atoms with Gasteiger partial charge in [0.1, 0.15) is 5.75 Å². The summed E-state index contributed by atoms with van der Waals surface area (Å²) in [6.07, 6.45) is 1.02. The Hall–Kier alpha value is -4.50. The van der Waals surface area contributed by atoms with Gasteiger partial charge in [0.25, 0.3) is 11.8 Å². The third kappa shape index (κ3) is 5.76. The Labute approximate surface area is 214 Å². The largest absolute Gasteiger partial charge is 0.508 e. The van der Waals surface area contributed by atoms with Crippen molar-refractivity contribution in [2.24, 2.45) is 0 Å². The van der Waals surface area contributed by atoms with Gasteiger partial charge in [0.15, 0.2) is 11.6 Å². The molecule has 0 atom stereocenters. The fourth-order valence-electron chi connectivity index (χ4n) is 3.38. The minimum atomic E-state index is -0.690. The van der Waals surface area contributed by atoms with E-state index in [0.29, 0.717) is 15.6 Å². The second kappa shape index (κ2) is 10.8. The van der Waals surface area contributed by atoms with Crippen LogP contribution >= 0.6 is 15.9 Å². The molecule has 4 rings (SSSR count). The number of hydrogen-bond acceptors (Lipinski definition) is 6. The number of aromatic nitrogens is 1. The molecule has 3 aromatic carbocycles. The summed E-state index contributed by atoms with van der Waals surface area (Å²) in [4.78, 5) is 41.8. The number of nitrogens with one attached hydrogen (secondary N) is 2. The molecule has 180 valence electrons. The zero-order valence-electron chi connectivity index (χ0n) is 18.8. The number of benzene rings is 3. The summed E-state index contributed by atoms with van der Waals surface area (Å²) in [7, 11) is 0. The number of aromatic hydroxyl groups is 1. The molecule has 9 heteroatoms. The number of phenolic OH excluding ortho intramolecular Hbond substituents is 1. The van der Waals surface area contributed by atoms with Crippen LogP contribution in [-0.2, 0) is 11.3 Å². The van der Waals surface area contributed by atoms with Gasteiger partial charge in [-0.25, -0.2) is 9.78 Å². The zero-order chi connectivity index (χ0) is 25.7. The maximum absolute atomic E-state index is 13.0. The van der Waals surface area contributed by atoms with Crippen molar-refractivity contribution in [2.45, 2.75) is 6.54 Å². The molecular weight excluding hydrogens is 526 g/mol. The van der Waals surface area contributed by atoms with Crippen LogP contribution in [0.25, 0.3) is 10.9 Å². The van der Waals surface area contributed by atoms with Crippen molar-refractivity contribution >= 4 is 50.4 Å². The number of carbonyl (C=O) groups is 3. The van der Waals surface area contributed by atoms with E-state index in [1.807, 2.05) is 6.07 Å². The molecule has 0 saturated heterocycles. The van der Waals surface area contributed by atoms with Crippen LogP contribution in [0.3, 0.4) is 0 Å². The normalized spacial score (nSPS) is 10.5. The molecule has 1 aromatic heterocycles. The number of para-hydroxylation sites is 1. The summed E-state index contributed by atoms with van der Waals surface area (Å²) in [6, 6.07) is 19.9. The molecule has 2 amide bonds. The number of fused-ring (bicyclic) bond motifs is 1. The zero-order valence-corrected chi connectivity index (χ0v) is 20.4. The molecule has 0 fully saturated rings. The van der Waals surface area contributed by atoms with E-state index in [1.54, 1.807) is 48.5 Å². The number of halogens is 1. The van der Waals surface area contributed by atoms with Gasteiger partial charge in [-0.05, 0) is 64.0 Å². The van der Waals surface area contributed by atoms with Gasteiger partial charge in [0.05, 0.1) is 11.1 Å². The lowest BCUT2D eigenvalue weighted by Gasteiger charge is -2.12. The molecule has 0 aliphatic rings.